The molecule has 0 radical (unpaired) electrons. The molecule has 0 saturated carbocycles. The Morgan fingerprint density at radius 3 is 2.39 bits per heavy atom. The topological polar surface area (TPSA) is 52.9 Å². The average molecular weight is 328 g/mol. The van der Waals surface area contributed by atoms with E-state index >= 15 is 0 Å². The van der Waals surface area contributed by atoms with E-state index < -0.39 is 24.2 Å². The van der Waals surface area contributed by atoms with Crippen LogP contribution in [0.5, 0.6) is 0 Å². The van der Waals surface area contributed by atoms with Gasteiger partial charge in [-0.15, -0.1) is 0 Å². The summed E-state index contributed by atoms with van der Waals surface area (Å²) < 4.78 is 40.0. The van der Waals surface area contributed by atoms with Crippen LogP contribution in [0.4, 0.5) is 13.2 Å². The summed E-state index contributed by atoms with van der Waals surface area (Å²) in [6.45, 7) is 5.47. The molecule has 23 heavy (non-hydrogen) atoms. The fourth-order valence-corrected chi connectivity index (χ4v) is 2.46. The predicted molar refractivity (Wildman–Crippen MR) is 79.9 cm³/mol. The number of carbonyl (C=O) groups is 1. The fourth-order valence-electron chi connectivity index (χ4n) is 2.46. The highest BCUT2D eigenvalue weighted by Gasteiger charge is 2.63. The van der Waals surface area contributed by atoms with E-state index in [9.17, 15) is 23.1 Å². The van der Waals surface area contributed by atoms with E-state index in [1.165, 1.54) is 12.1 Å². The standard InChI is InChI=1S/C16H19F3N2O2/c1-10(2)8-13-9-15(23,16(17,18)19)21(20-13)14(22)12-6-4-11(3)5-7-12/h4-7,10,23H,8-9H2,1-3H3/t15-/m0/s1. The molecule has 7 heteroatoms. The minimum absolute atomic E-state index is 0.0489. The average Bonchev–Trinajstić information content (AvgIpc) is 2.75. The molecule has 0 saturated heterocycles. The lowest BCUT2D eigenvalue weighted by atomic mass is 9.99. The lowest BCUT2D eigenvalue weighted by Gasteiger charge is -2.32. The van der Waals surface area contributed by atoms with Gasteiger partial charge in [0, 0.05) is 17.7 Å². The number of benzene rings is 1. The van der Waals surface area contributed by atoms with Gasteiger partial charge in [-0.25, -0.2) is 0 Å². The summed E-state index contributed by atoms with van der Waals surface area (Å²) in [5, 5.41) is 14.1. The number of hydrogen-bond acceptors (Lipinski definition) is 3. The molecule has 1 amide bonds. The molecule has 0 bridgehead atoms. The van der Waals surface area contributed by atoms with E-state index in [1.807, 2.05) is 13.8 Å². The summed E-state index contributed by atoms with van der Waals surface area (Å²) >= 11 is 0. The van der Waals surface area contributed by atoms with Crippen molar-refractivity contribution in [1.29, 1.82) is 0 Å². The molecule has 0 spiro atoms. The van der Waals surface area contributed by atoms with Crippen LogP contribution in [0.1, 0.15) is 42.6 Å². The van der Waals surface area contributed by atoms with Gasteiger partial charge in [-0.1, -0.05) is 31.5 Å². The van der Waals surface area contributed by atoms with Gasteiger partial charge in [-0.2, -0.15) is 23.3 Å². The molecule has 126 valence electrons. The van der Waals surface area contributed by atoms with Gasteiger partial charge in [0.2, 0.25) is 0 Å². The van der Waals surface area contributed by atoms with E-state index in [4.69, 9.17) is 0 Å². The van der Waals surface area contributed by atoms with Crippen molar-refractivity contribution in [2.45, 2.75) is 45.5 Å². The van der Waals surface area contributed by atoms with E-state index in [2.05, 4.69) is 5.10 Å². The SMILES string of the molecule is Cc1ccc(C(=O)N2N=C(CC(C)C)C[C@]2(O)C(F)(F)F)cc1. The van der Waals surface area contributed by atoms with Crippen molar-refractivity contribution < 1.29 is 23.1 Å². The molecule has 4 nitrogen and oxygen atoms in total. The van der Waals surface area contributed by atoms with Gasteiger partial charge in [0.1, 0.15) is 0 Å². The zero-order valence-electron chi connectivity index (χ0n) is 13.2. The molecule has 0 aliphatic carbocycles. The molecule has 0 fully saturated rings. The first-order valence-corrected chi connectivity index (χ1v) is 7.31. The fraction of sp³-hybridized carbons (Fsp3) is 0.500. The summed E-state index contributed by atoms with van der Waals surface area (Å²) in [6.07, 6.45) is -5.42. The van der Waals surface area contributed by atoms with E-state index in [0.29, 0.717) is 0 Å². The Morgan fingerprint density at radius 2 is 1.91 bits per heavy atom. The van der Waals surface area contributed by atoms with Crippen LogP contribution in [0.15, 0.2) is 29.4 Å². The van der Waals surface area contributed by atoms with Gasteiger partial charge in [0.15, 0.2) is 0 Å². The molecular weight excluding hydrogens is 309 g/mol. The quantitative estimate of drug-likeness (QED) is 0.923. The first kappa shape index (κ1) is 17.5. The maximum absolute atomic E-state index is 13.3. The molecule has 1 aliphatic rings. The van der Waals surface area contributed by atoms with Crippen LogP contribution in [-0.4, -0.2) is 33.6 Å². The molecule has 1 atom stereocenters. The second-order valence-corrected chi connectivity index (χ2v) is 6.24. The van der Waals surface area contributed by atoms with Gasteiger partial charge in [0.05, 0.1) is 0 Å². The number of amides is 1. The highest BCUT2D eigenvalue weighted by atomic mass is 19.4. The first-order valence-electron chi connectivity index (χ1n) is 7.31. The Balaban J connectivity index is 2.39. The summed E-state index contributed by atoms with van der Waals surface area (Å²) in [6, 6.07) is 6.08. The molecular formula is C16H19F3N2O2. The van der Waals surface area contributed by atoms with Crippen molar-refractivity contribution in [3.63, 3.8) is 0 Å². The predicted octanol–water partition coefficient (Wildman–Crippen LogP) is 3.49. The van der Waals surface area contributed by atoms with Crippen LogP contribution in [0.3, 0.4) is 0 Å². The smallest absolute Gasteiger partial charge is 0.362 e. The molecule has 2 rings (SSSR count). The van der Waals surface area contributed by atoms with Crippen molar-refractivity contribution in [1.82, 2.24) is 5.01 Å². The van der Waals surface area contributed by atoms with Gasteiger partial charge >= 0.3 is 6.18 Å². The van der Waals surface area contributed by atoms with Gasteiger partial charge in [-0.3, -0.25) is 4.79 Å². The number of hydrazone groups is 1. The van der Waals surface area contributed by atoms with E-state index in [1.54, 1.807) is 19.1 Å². The Hall–Kier alpha value is -1.89. The lowest BCUT2D eigenvalue weighted by molar-refractivity contribution is -0.297. The van der Waals surface area contributed by atoms with Crippen LogP contribution in [-0.2, 0) is 0 Å². The number of nitrogens with zero attached hydrogens (tertiary/aromatic N) is 2. The Bertz CT molecular complexity index is 623. The second kappa shape index (κ2) is 5.96. The molecule has 1 aromatic rings. The summed E-state index contributed by atoms with van der Waals surface area (Å²) in [4.78, 5) is 12.4. The Kier molecular flexibility index (Phi) is 4.52. The largest absolute Gasteiger partial charge is 0.438 e. The highest BCUT2D eigenvalue weighted by molar-refractivity contribution is 5.98. The van der Waals surface area contributed by atoms with E-state index in [0.717, 1.165) is 5.56 Å². The van der Waals surface area contributed by atoms with Crippen LogP contribution in [0.25, 0.3) is 0 Å². The number of halogens is 3. The minimum Gasteiger partial charge on any atom is -0.362 e. The maximum atomic E-state index is 13.3. The van der Waals surface area contributed by atoms with E-state index in [-0.39, 0.29) is 28.6 Å². The van der Waals surface area contributed by atoms with Gasteiger partial charge in [0.25, 0.3) is 11.6 Å². The molecule has 0 aromatic heterocycles. The van der Waals surface area contributed by atoms with Crippen molar-refractivity contribution in [3.05, 3.63) is 35.4 Å². The van der Waals surface area contributed by atoms with Crippen molar-refractivity contribution in [3.8, 4) is 0 Å². The maximum Gasteiger partial charge on any atom is 0.438 e. The third-order valence-corrected chi connectivity index (χ3v) is 3.63. The van der Waals surface area contributed by atoms with Crippen molar-refractivity contribution in [2.75, 3.05) is 0 Å². The van der Waals surface area contributed by atoms with Gasteiger partial charge in [-0.05, 0) is 31.4 Å². The zero-order chi connectivity index (χ0) is 17.4. The summed E-state index contributed by atoms with van der Waals surface area (Å²) in [7, 11) is 0. The number of alkyl halides is 3. The third kappa shape index (κ3) is 3.39. The third-order valence-electron chi connectivity index (χ3n) is 3.63. The van der Waals surface area contributed by atoms with Crippen LogP contribution < -0.4 is 0 Å². The molecule has 1 N–H and O–H groups in total. The van der Waals surface area contributed by atoms with Crippen LogP contribution in [0.2, 0.25) is 0 Å². The highest BCUT2D eigenvalue weighted by Crippen LogP contribution is 2.41. The number of carbonyl (C=O) groups excluding carboxylic acids is 1. The number of hydrogen-bond donors (Lipinski definition) is 1. The minimum atomic E-state index is -4.99. The van der Waals surface area contributed by atoms with Crippen molar-refractivity contribution >= 4 is 11.6 Å². The van der Waals surface area contributed by atoms with Crippen molar-refractivity contribution in [2.24, 2.45) is 11.0 Å². The Morgan fingerprint density at radius 1 is 1.35 bits per heavy atom. The lowest BCUT2D eigenvalue weighted by Crippen LogP contribution is -2.56. The molecule has 1 aromatic carbocycles. The summed E-state index contributed by atoms with van der Waals surface area (Å²) in [5.41, 5.74) is -2.20. The van der Waals surface area contributed by atoms with Crippen LogP contribution >= 0.6 is 0 Å². The molecule has 0 unspecified atom stereocenters. The summed E-state index contributed by atoms with van der Waals surface area (Å²) in [5.74, 6) is -0.899. The van der Waals surface area contributed by atoms with Gasteiger partial charge < -0.3 is 5.11 Å². The zero-order valence-corrected chi connectivity index (χ0v) is 13.2. The number of aliphatic hydroxyl groups is 1. The second-order valence-electron chi connectivity index (χ2n) is 6.24. The van der Waals surface area contributed by atoms with Crippen LogP contribution in [0, 0.1) is 12.8 Å². The number of rotatable bonds is 3. The molecule has 1 heterocycles. The monoisotopic (exact) mass is 328 g/mol. The Labute approximate surface area is 132 Å². The first-order chi connectivity index (χ1) is 10.5. The normalized spacial score (nSPS) is 21.7. The molecule has 1 aliphatic heterocycles. The number of aryl methyl sites for hydroxylation is 1.